The molecule has 0 unspecified atom stereocenters. The van der Waals surface area contributed by atoms with Crippen LogP contribution in [0.1, 0.15) is 51.9 Å². The molecule has 0 spiro atoms. The summed E-state index contributed by atoms with van der Waals surface area (Å²) in [5.74, 6) is 0.0633. The van der Waals surface area contributed by atoms with Crippen molar-refractivity contribution in [2.75, 3.05) is 13.1 Å². The van der Waals surface area contributed by atoms with Crippen molar-refractivity contribution < 1.29 is 9.53 Å². The second-order valence-corrected chi connectivity index (χ2v) is 5.88. The van der Waals surface area contributed by atoms with Crippen molar-refractivity contribution in [1.82, 2.24) is 5.32 Å². The molecule has 1 aliphatic heterocycles. The van der Waals surface area contributed by atoms with Gasteiger partial charge in [-0.1, -0.05) is 19.8 Å². The summed E-state index contributed by atoms with van der Waals surface area (Å²) in [4.78, 5) is 12.0. The highest BCUT2D eigenvalue weighted by Crippen LogP contribution is 2.44. The molecule has 0 aromatic heterocycles. The zero-order chi connectivity index (χ0) is 13.0. The van der Waals surface area contributed by atoms with E-state index < -0.39 is 0 Å². The highest BCUT2D eigenvalue weighted by atomic mass is 16.5. The topological polar surface area (TPSA) is 64.4 Å². The van der Waals surface area contributed by atoms with Crippen LogP contribution in [0.5, 0.6) is 0 Å². The van der Waals surface area contributed by atoms with E-state index in [-0.39, 0.29) is 18.1 Å². The van der Waals surface area contributed by atoms with E-state index in [1.54, 1.807) is 0 Å². The normalized spacial score (nSPS) is 29.9. The van der Waals surface area contributed by atoms with E-state index in [2.05, 4.69) is 12.2 Å². The lowest BCUT2D eigenvalue weighted by molar-refractivity contribution is -0.132. The average Bonchev–Trinajstić information content (AvgIpc) is 2.80. The first-order valence-electron chi connectivity index (χ1n) is 7.32. The van der Waals surface area contributed by atoms with Crippen LogP contribution in [0.25, 0.3) is 0 Å². The minimum atomic E-state index is -0.266. The summed E-state index contributed by atoms with van der Waals surface area (Å²) in [6.45, 7) is 3.56. The van der Waals surface area contributed by atoms with Gasteiger partial charge in [-0.2, -0.15) is 0 Å². The number of hydrogen-bond donors (Lipinski definition) is 2. The second kappa shape index (κ2) is 6.02. The van der Waals surface area contributed by atoms with E-state index in [4.69, 9.17) is 10.5 Å². The fourth-order valence-corrected chi connectivity index (χ4v) is 3.18. The van der Waals surface area contributed by atoms with E-state index >= 15 is 0 Å². The Bertz CT molecular complexity index is 290. The number of nitrogens with two attached hydrogens (primary N) is 1. The Labute approximate surface area is 110 Å². The van der Waals surface area contributed by atoms with E-state index in [1.165, 1.54) is 32.1 Å². The minimum absolute atomic E-state index is 0.0633. The molecule has 2 rings (SSSR count). The van der Waals surface area contributed by atoms with Crippen LogP contribution in [-0.2, 0) is 9.53 Å². The van der Waals surface area contributed by atoms with Gasteiger partial charge in [0.1, 0.15) is 6.10 Å². The van der Waals surface area contributed by atoms with Crippen molar-refractivity contribution in [3.05, 3.63) is 0 Å². The fraction of sp³-hybridized carbons (Fsp3) is 0.929. The lowest BCUT2D eigenvalue weighted by Gasteiger charge is -2.42. The number of carbonyl (C=O) groups excluding carboxylic acids is 1. The molecular weight excluding hydrogens is 228 g/mol. The van der Waals surface area contributed by atoms with Crippen molar-refractivity contribution in [2.24, 2.45) is 11.1 Å². The van der Waals surface area contributed by atoms with Gasteiger partial charge in [-0.3, -0.25) is 4.79 Å². The average molecular weight is 254 g/mol. The SMILES string of the molecule is CCCC1(CNC(=O)[C@@H]2CC[C@H](CN)O2)CCC1. The third-order valence-electron chi connectivity index (χ3n) is 4.50. The van der Waals surface area contributed by atoms with Crippen LogP contribution >= 0.6 is 0 Å². The van der Waals surface area contributed by atoms with Gasteiger partial charge >= 0.3 is 0 Å². The molecule has 2 atom stereocenters. The zero-order valence-electron chi connectivity index (χ0n) is 11.4. The van der Waals surface area contributed by atoms with Gasteiger partial charge in [0, 0.05) is 13.1 Å². The van der Waals surface area contributed by atoms with Crippen LogP contribution in [0.3, 0.4) is 0 Å². The Morgan fingerprint density at radius 1 is 1.44 bits per heavy atom. The summed E-state index contributed by atoms with van der Waals surface area (Å²) < 4.78 is 5.61. The van der Waals surface area contributed by atoms with E-state index in [0.717, 1.165) is 19.4 Å². The van der Waals surface area contributed by atoms with Crippen molar-refractivity contribution in [1.29, 1.82) is 0 Å². The van der Waals surface area contributed by atoms with Gasteiger partial charge in [-0.25, -0.2) is 0 Å². The van der Waals surface area contributed by atoms with Crippen molar-refractivity contribution in [2.45, 2.75) is 64.1 Å². The Kier molecular flexibility index (Phi) is 4.62. The predicted molar refractivity (Wildman–Crippen MR) is 71.2 cm³/mol. The molecule has 4 heteroatoms. The fourth-order valence-electron chi connectivity index (χ4n) is 3.18. The Morgan fingerprint density at radius 2 is 2.22 bits per heavy atom. The van der Waals surface area contributed by atoms with E-state index in [0.29, 0.717) is 12.0 Å². The number of hydrogen-bond acceptors (Lipinski definition) is 3. The Hall–Kier alpha value is -0.610. The van der Waals surface area contributed by atoms with Crippen LogP contribution in [-0.4, -0.2) is 31.2 Å². The van der Waals surface area contributed by atoms with Gasteiger partial charge in [-0.15, -0.1) is 0 Å². The van der Waals surface area contributed by atoms with Gasteiger partial charge in [0.2, 0.25) is 5.91 Å². The minimum Gasteiger partial charge on any atom is -0.364 e. The van der Waals surface area contributed by atoms with Gasteiger partial charge < -0.3 is 15.8 Å². The maximum absolute atomic E-state index is 12.0. The van der Waals surface area contributed by atoms with Crippen molar-refractivity contribution in [3.8, 4) is 0 Å². The number of ether oxygens (including phenoxy) is 1. The van der Waals surface area contributed by atoms with Crippen LogP contribution in [0.15, 0.2) is 0 Å². The number of rotatable bonds is 6. The molecular formula is C14H26N2O2. The lowest BCUT2D eigenvalue weighted by atomic mass is 9.66. The standard InChI is InChI=1S/C14H26N2O2/c1-2-6-14(7-3-8-14)10-16-13(17)12-5-4-11(9-15)18-12/h11-12H,2-10,15H2,1H3,(H,16,17)/t11-,12+/m1/s1. The Balaban J connectivity index is 1.74. The molecule has 1 heterocycles. The van der Waals surface area contributed by atoms with Crippen LogP contribution in [0, 0.1) is 5.41 Å². The molecule has 18 heavy (non-hydrogen) atoms. The molecule has 104 valence electrons. The summed E-state index contributed by atoms with van der Waals surface area (Å²) >= 11 is 0. The highest BCUT2D eigenvalue weighted by molar-refractivity contribution is 5.81. The van der Waals surface area contributed by atoms with Gasteiger partial charge in [0.05, 0.1) is 6.10 Å². The number of nitrogens with one attached hydrogen (secondary N) is 1. The molecule has 0 radical (unpaired) electrons. The highest BCUT2D eigenvalue weighted by Gasteiger charge is 2.37. The first kappa shape index (κ1) is 13.8. The van der Waals surface area contributed by atoms with Crippen LogP contribution in [0.2, 0.25) is 0 Å². The molecule has 1 saturated heterocycles. The Morgan fingerprint density at radius 3 is 2.72 bits per heavy atom. The summed E-state index contributed by atoms with van der Waals surface area (Å²) in [6.07, 6.45) is 7.80. The number of amides is 1. The molecule has 2 fully saturated rings. The third-order valence-corrected chi connectivity index (χ3v) is 4.50. The zero-order valence-corrected chi connectivity index (χ0v) is 11.4. The molecule has 1 saturated carbocycles. The number of carbonyl (C=O) groups is 1. The summed E-state index contributed by atoms with van der Waals surface area (Å²) in [5.41, 5.74) is 5.94. The first-order valence-corrected chi connectivity index (χ1v) is 7.32. The lowest BCUT2D eigenvalue weighted by Crippen LogP contribution is -2.45. The van der Waals surface area contributed by atoms with Crippen molar-refractivity contribution in [3.63, 3.8) is 0 Å². The van der Waals surface area contributed by atoms with Crippen LogP contribution < -0.4 is 11.1 Å². The molecule has 4 nitrogen and oxygen atoms in total. The van der Waals surface area contributed by atoms with Gasteiger partial charge in [0.25, 0.3) is 0 Å². The molecule has 2 aliphatic rings. The first-order chi connectivity index (χ1) is 8.69. The second-order valence-electron chi connectivity index (χ2n) is 5.88. The van der Waals surface area contributed by atoms with Gasteiger partial charge in [0.15, 0.2) is 0 Å². The summed E-state index contributed by atoms with van der Waals surface area (Å²) in [5, 5.41) is 3.09. The predicted octanol–water partition coefficient (Wildman–Crippen LogP) is 1.58. The van der Waals surface area contributed by atoms with Crippen LogP contribution in [0.4, 0.5) is 0 Å². The maximum Gasteiger partial charge on any atom is 0.249 e. The molecule has 0 bridgehead atoms. The molecule has 0 aromatic rings. The molecule has 0 aromatic carbocycles. The smallest absolute Gasteiger partial charge is 0.249 e. The third kappa shape index (κ3) is 3.04. The van der Waals surface area contributed by atoms with E-state index in [1.807, 2.05) is 0 Å². The summed E-state index contributed by atoms with van der Waals surface area (Å²) in [7, 11) is 0. The monoisotopic (exact) mass is 254 g/mol. The molecule has 1 amide bonds. The summed E-state index contributed by atoms with van der Waals surface area (Å²) in [6, 6.07) is 0. The molecule has 3 N–H and O–H groups in total. The molecule has 1 aliphatic carbocycles. The van der Waals surface area contributed by atoms with Crippen molar-refractivity contribution >= 4 is 5.91 Å². The quantitative estimate of drug-likeness (QED) is 0.756. The van der Waals surface area contributed by atoms with E-state index in [9.17, 15) is 4.79 Å². The maximum atomic E-state index is 12.0. The van der Waals surface area contributed by atoms with Gasteiger partial charge in [-0.05, 0) is 37.5 Å². The largest absolute Gasteiger partial charge is 0.364 e.